The molecule has 3 unspecified atom stereocenters. The maximum absolute atomic E-state index is 12.0. The average Bonchev–Trinajstić information content (AvgIpc) is 2.76. The van der Waals surface area contributed by atoms with Gasteiger partial charge < -0.3 is 9.26 Å². The van der Waals surface area contributed by atoms with E-state index < -0.39 is 15.1 Å². The van der Waals surface area contributed by atoms with E-state index >= 15 is 0 Å². The SMILES string of the molecule is CCOC(=O)C1C(C(OP(Cl)Cl)C(Br)(Br)Br)C1(C)C. The summed E-state index contributed by atoms with van der Waals surface area (Å²) in [7, 11) is 0. The van der Waals surface area contributed by atoms with Crippen molar-refractivity contribution in [3.05, 3.63) is 0 Å². The van der Waals surface area contributed by atoms with E-state index in [2.05, 4.69) is 47.8 Å². The minimum Gasteiger partial charge on any atom is -0.466 e. The Hall–Kier alpha value is 1.88. The van der Waals surface area contributed by atoms with Crippen molar-refractivity contribution in [2.24, 2.45) is 17.3 Å². The van der Waals surface area contributed by atoms with Crippen molar-refractivity contribution < 1.29 is 14.1 Å². The topological polar surface area (TPSA) is 35.5 Å². The minimum atomic E-state index is -1.58. The predicted molar refractivity (Wildman–Crippen MR) is 90.4 cm³/mol. The van der Waals surface area contributed by atoms with Crippen molar-refractivity contribution in [2.45, 2.75) is 29.0 Å². The lowest BCUT2D eigenvalue weighted by Gasteiger charge is -2.27. The van der Waals surface area contributed by atoms with Crippen LogP contribution >= 0.6 is 77.1 Å². The minimum absolute atomic E-state index is 0.0489. The Kier molecular flexibility index (Phi) is 6.95. The molecule has 0 amide bonds. The van der Waals surface area contributed by atoms with Gasteiger partial charge in [0.2, 0.25) is 6.85 Å². The van der Waals surface area contributed by atoms with Crippen molar-refractivity contribution in [2.75, 3.05) is 6.61 Å². The summed E-state index contributed by atoms with van der Waals surface area (Å²) in [6.07, 6.45) is -0.405. The molecule has 19 heavy (non-hydrogen) atoms. The number of esters is 1. The number of alkyl halides is 3. The molecule has 1 aliphatic carbocycles. The van der Waals surface area contributed by atoms with Crippen LogP contribution in [0.5, 0.6) is 0 Å². The molecule has 0 bridgehead atoms. The highest BCUT2D eigenvalue weighted by Gasteiger charge is 2.68. The van der Waals surface area contributed by atoms with E-state index in [0.29, 0.717) is 6.61 Å². The monoisotopic (exact) mass is 520 g/mol. The lowest BCUT2D eigenvalue weighted by atomic mass is 10.1. The van der Waals surface area contributed by atoms with E-state index in [1.807, 2.05) is 13.8 Å². The molecule has 0 aromatic carbocycles. The molecule has 1 fully saturated rings. The number of hydrogen-bond donors (Lipinski definition) is 0. The third-order valence-electron chi connectivity index (χ3n) is 3.29. The van der Waals surface area contributed by atoms with Crippen LogP contribution in [0.3, 0.4) is 0 Å². The number of carbonyl (C=O) groups excluding carboxylic acids is 1. The molecule has 0 aliphatic heterocycles. The molecule has 0 saturated heterocycles. The smallest absolute Gasteiger partial charge is 0.309 e. The van der Waals surface area contributed by atoms with Crippen molar-refractivity contribution in [1.29, 1.82) is 0 Å². The molecule has 0 radical (unpaired) electrons. The first kappa shape index (κ1) is 18.9. The van der Waals surface area contributed by atoms with Crippen LogP contribution in [0.2, 0.25) is 0 Å². The summed E-state index contributed by atoms with van der Waals surface area (Å²) in [6.45, 7) is 4.57. The highest BCUT2D eigenvalue weighted by molar-refractivity contribution is 9.39. The summed E-state index contributed by atoms with van der Waals surface area (Å²) in [6, 6.07) is 0. The molecular weight excluding hydrogens is 510 g/mol. The second-order valence-electron chi connectivity index (χ2n) is 4.85. The standard InChI is InChI=1S/C10H14Br3Cl2O3P/c1-4-17-8(16)6-5(9(6,2)3)7(10(11,12)13)18-19(14)15/h5-7H,4H2,1-3H3. The van der Waals surface area contributed by atoms with Gasteiger partial charge in [0.25, 0.3) is 0 Å². The Morgan fingerprint density at radius 3 is 2.32 bits per heavy atom. The predicted octanol–water partition coefficient (Wildman–Crippen LogP) is 5.75. The first-order valence-corrected chi connectivity index (χ1v) is 11.0. The number of hydrogen-bond acceptors (Lipinski definition) is 3. The lowest BCUT2D eigenvalue weighted by molar-refractivity contribution is -0.146. The molecule has 0 spiro atoms. The van der Waals surface area contributed by atoms with Crippen LogP contribution in [0.4, 0.5) is 0 Å². The third-order valence-corrected chi connectivity index (χ3v) is 5.51. The molecule has 112 valence electrons. The second kappa shape index (κ2) is 6.97. The molecule has 3 atom stereocenters. The Balaban J connectivity index is 2.89. The van der Waals surface area contributed by atoms with Crippen LogP contribution in [0.15, 0.2) is 0 Å². The lowest BCUT2D eigenvalue weighted by Crippen LogP contribution is -2.30. The molecule has 1 aliphatic rings. The van der Waals surface area contributed by atoms with Crippen molar-refractivity contribution in [3.63, 3.8) is 0 Å². The number of rotatable bonds is 5. The van der Waals surface area contributed by atoms with E-state index in [4.69, 9.17) is 31.7 Å². The molecule has 3 nitrogen and oxygen atoms in total. The molecular formula is C10H14Br3Cl2O3P. The van der Waals surface area contributed by atoms with Gasteiger partial charge in [-0.25, -0.2) is 0 Å². The van der Waals surface area contributed by atoms with Gasteiger partial charge >= 0.3 is 5.97 Å². The van der Waals surface area contributed by atoms with Gasteiger partial charge in [0, 0.05) is 5.92 Å². The summed E-state index contributed by atoms with van der Waals surface area (Å²) in [4.78, 5) is 12.0. The van der Waals surface area contributed by atoms with E-state index in [1.54, 1.807) is 6.92 Å². The van der Waals surface area contributed by atoms with Crippen LogP contribution in [0, 0.1) is 17.3 Å². The van der Waals surface area contributed by atoms with Gasteiger partial charge in [-0.1, -0.05) is 61.6 Å². The first-order chi connectivity index (χ1) is 8.53. The quantitative estimate of drug-likeness (QED) is 0.262. The number of ether oxygens (including phenoxy) is 1. The van der Waals surface area contributed by atoms with Crippen LogP contribution in [-0.2, 0) is 14.1 Å². The Bertz CT molecular complexity index is 349. The van der Waals surface area contributed by atoms with Crippen molar-refractivity contribution in [3.8, 4) is 0 Å². The zero-order valence-corrected chi connectivity index (χ0v) is 17.7. The molecule has 0 aromatic rings. The average molecular weight is 524 g/mol. The molecule has 1 saturated carbocycles. The summed E-state index contributed by atoms with van der Waals surface area (Å²) in [5.41, 5.74) is -0.226. The number of halogens is 5. The summed E-state index contributed by atoms with van der Waals surface area (Å²) in [5.74, 6) is -0.490. The molecule has 0 N–H and O–H groups in total. The largest absolute Gasteiger partial charge is 0.466 e. The normalized spacial score (nSPS) is 27.2. The van der Waals surface area contributed by atoms with Crippen molar-refractivity contribution >= 4 is 83.1 Å². The van der Waals surface area contributed by atoms with Crippen molar-refractivity contribution in [1.82, 2.24) is 0 Å². The molecule has 9 heteroatoms. The molecule has 0 aromatic heterocycles. The van der Waals surface area contributed by atoms with E-state index in [9.17, 15) is 4.79 Å². The Labute approximate surface area is 149 Å². The maximum Gasteiger partial charge on any atom is 0.309 e. The van der Waals surface area contributed by atoms with Crippen LogP contribution in [0.25, 0.3) is 0 Å². The van der Waals surface area contributed by atoms with Gasteiger partial charge in [-0.05, 0) is 34.8 Å². The van der Waals surface area contributed by atoms with Gasteiger partial charge in [-0.3, -0.25) is 4.79 Å². The van der Waals surface area contributed by atoms with E-state index in [-0.39, 0.29) is 23.2 Å². The second-order valence-corrected chi connectivity index (χ2v) is 14.8. The van der Waals surface area contributed by atoms with Gasteiger partial charge in [0.1, 0.15) is 6.10 Å². The molecule has 0 heterocycles. The van der Waals surface area contributed by atoms with E-state index in [0.717, 1.165) is 0 Å². The fraction of sp³-hybridized carbons (Fsp3) is 0.900. The third kappa shape index (κ3) is 4.67. The van der Waals surface area contributed by atoms with Crippen LogP contribution in [0.1, 0.15) is 20.8 Å². The van der Waals surface area contributed by atoms with Crippen LogP contribution < -0.4 is 0 Å². The fourth-order valence-corrected chi connectivity index (χ4v) is 4.88. The Morgan fingerprint density at radius 2 is 1.95 bits per heavy atom. The highest BCUT2D eigenvalue weighted by atomic mass is 80.0. The van der Waals surface area contributed by atoms with Gasteiger partial charge in [-0.15, -0.1) is 0 Å². The number of carbonyl (C=O) groups is 1. The van der Waals surface area contributed by atoms with Gasteiger partial charge in [0.05, 0.1) is 12.5 Å². The van der Waals surface area contributed by atoms with Gasteiger partial charge in [-0.2, -0.15) is 0 Å². The summed E-state index contributed by atoms with van der Waals surface area (Å²) >= 11 is 21.8. The zero-order chi connectivity index (χ0) is 15.0. The maximum atomic E-state index is 12.0. The first-order valence-electron chi connectivity index (χ1n) is 5.55. The molecule has 1 rings (SSSR count). The fourth-order valence-electron chi connectivity index (χ4n) is 2.34. The zero-order valence-electron chi connectivity index (χ0n) is 10.5. The van der Waals surface area contributed by atoms with Gasteiger partial charge in [0.15, 0.2) is 2.14 Å². The summed E-state index contributed by atoms with van der Waals surface area (Å²) in [5, 5.41) is 0. The van der Waals surface area contributed by atoms with E-state index in [1.165, 1.54) is 0 Å². The summed E-state index contributed by atoms with van der Waals surface area (Å²) < 4.78 is 9.98. The Morgan fingerprint density at radius 1 is 1.42 bits per heavy atom. The van der Waals surface area contributed by atoms with Crippen LogP contribution in [-0.4, -0.2) is 20.8 Å². The highest BCUT2D eigenvalue weighted by Crippen LogP contribution is 2.67.